The van der Waals surface area contributed by atoms with Gasteiger partial charge in [-0.25, -0.2) is 4.99 Å². The van der Waals surface area contributed by atoms with Crippen LogP contribution in [0.25, 0.3) is 0 Å². The Hall–Kier alpha value is -2.66. The molecule has 2 aromatic rings. The number of piperazine rings is 1. The van der Waals surface area contributed by atoms with Gasteiger partial charge in [0.15, 0.2) is 0 Å². The lowest BCUT2D eigenvalue weighted by Gasteiger charge is -2.35. The van der Waals surface area contributed by atoms with Gasteiger partial charge in [-0.05, 0) is 24.7 Å². The van der Waals surface area contributed by atoms with Gasteiger partial charge in [-0.2, -0.15) is 0 Å². The zero-order chi connectivity index (χ0) is 17.9. The van der Waals surface area contributed by atoms with E-state index in [9.17, 15) is 4.79 Å². The molecule has 0 aliphatic carbocycles. The van der Waals surface area contributed by atoms with Crippen molar-refractivity contribution in [3.63, 3.8) is 0 Å². The Bertz CT molecular complexity index is 810. The maximum Gasteiger partial charge on any atom is 0.256 e. The number of amidine groups is 1. The van der Waals surface area contributed by atoms with Gasteiger partial charge >= 0.3 is 0 Å². The van der Waals surface area contributed by atoms with E-state index in [2.05, 4.69) is 29.0 Å². The van der Waals surface area contributed by atoms with Gasteiger partial charge in [0.1, 0.15) is 5.84 Å². The lowest BCUT2D eigenvalue weighted by Crippen LogP contribution is -2.50. The van der Waals surface area contributed by atoms with Gasteiger partial charge in [0.25, 0.3) is 5.91 Å². The van der Waals surface area contributed by atoms with Gasteiger partial charge < -0.3 is 14.7 Å². The number of para-hydroxylation sites is 1. The van der Waals surface area contributed by atoms with Crippen molar-refractivity contribution in [2.45, 2.75) is 6.54 Å². The summed E-state index contributed by atoms with van der Waals surface area (Å²) in [5.41, 5.74) is 2.60. The Morgan fingerprint density at radius 2 is 1.62 bits per heavy atom. The van der Waals surface area contributed by atoms with Crippen molar-refractivity contribution >= 4 is 17.4 Å². The molecule has 1 saturated heterocycles. The zero-order valence-electron chi connectivity index (χ0n) is 15.1. The van der Waals surface area contributed by atoms with E-state index < -0.39 is 0 Å². The van der Waals surface area contributed by atoms with Crippen molar-refractivity contribution in [2.75, 3.05) is 39.8 Å². The van der Waals surface area contributed by atoms with Gasteiger partial charge in [0.05, 0.1) is 17.8 Å². The summed E-state index contributed by atoms with van der Waals surface area (Å²) < 4.78 is 0. The largest absolute Gasteiger partial charge is 0.356 e. The van der Waals surface area contributed by atoms with E-state index in [1.54, 1.807) is 0 Å². The van der Waals surface area contributed by atoms with Crippen LogP contribution in [0.3, 0.4) is 0 Å². The average Bonchev–Trinajstić information content (AvgIpc) is 2.81. The molecule has 2 aliphatic rings. The average molecular weight is 348 g/mol. The van der Waals surface area contributed by atoms with Gasteiger partial charge in [-0.1, -0.05) is 42.5 Å². The second-order valence-corrected chi connectivity index (χ2v) is 6.98. The predicted molar refractivity (Wildman–Crippen MR) is 104 cm³/mol. The smallest absolute Gasteiger partial charge is 0.256 e. The number of nitrogens with zero attached hydrogens (tertiary/aromatic N) is 4. The first-order valence-electron chi connectivity index (χ1n) is 9.14. The molecule has 2 aromatic carbocycles. The number of carbonyl (C=O) groups excluding carboxylic acids is 1. The molecule has 1 fully saturated rings. The number of benzene rings is 2. The third kappa shape index (κ3) is 3.48. The molecule has 0 spiro atoms. The predicted octanol–water partition coefficient (Wildman–Crippen LogP) is 2.62. The highest BCUT2D eigenvalue weighted by Crippen LogP contribution is 2.25. The number of hydrogen-bond acceptors (Lipinski definition) is 4. The molecule has 5 heteroatoms. The van der Waals surface area contributed by atoms with Crippen molar-refractivity contribution < 1.29 is 4.79 Å². The topological polar surface area (TPSA) is 39.1 Å². The fourth-order valence-corrected chi connectivity index (χ4v) is 3.51. The molecule has 0 saturated carbocycles. The van der Waals surface area contributed by atoms with E-state index in [-0.39, 0.29) is 5.91 Å². The second kappa shape index (κ2) is 7.30. The zero-order valence-corrected chi connectivity index (χ0v) is 15.1. The van der Waals surface area contributed by atoms with Crippen molar-refractivity contribution in [3.05, 3.63) is 65.7 Å². The van der Waals surface area contributed by atoms with Gasteiger partial charge in [-0.15, -0.1) is 0 Å². The normalized spacial score (nSPS) is 18.3. The first-order valence-corrected chi connectivity index (χ1v) is 9.14. The Kier molecular flexibility index (Phi) is 4.71. The van der Waals surface area contributed by atoms with Crippen LogP contribution >= 0.6 is 0 Å². The number of hydrogen-bond donors (Lipinski definition) is 0. The molecule has 0 unspecified atom stereocenters. The van der Waals surface area contributed by atoms with Crippen molar-refractivity contribution in [1.29, 1.82) is 0 Å². The third-order valence-electron chi connectivity index (χ3n) is 5.09. The summed E-state index contributed by atoms with van der Waals surface area (Å²) >= 11 is 0. The number of rotatable bonds is 2. The number of aliphatic imine (C=N–C) groups is 1. The summed E-state index contributed by atoms with van der Waals surface area (Å²) in [5, 5.41) is 0. The SMILES string of the molecule is CN1CCN(C2=Nc3ccccc3C(=O)N(Cc3ccccc3)C2)CC1. The molecular formula is C21H24N4O. The fourth-order valence-electron chi connectivity index (χ4n) is 3.51. The highest BCUT2D eigenvalue weighted by atomic mass is 16.2. The Morgan fingerprint density at radius 1 is 0.923 bits per heavy atom. The lowest BCUT2D eigenvalue weighted by molar-refractivity contribution is 0.0765. The van der Waals surface area contributed by atoms with E-state index in [1.165, 1.54) is 0 Å². The van der Waals surface area contributed by atoms with Crippen LogP contribution in [0.15, 0.2) is 59.6 Å². The number of fused-ring (bicyclic) bond motifs is 1. The molecule has 2 aliphatic heterocycles. The molecule has 5 nitrogen and oxygen atoms in total. The van der Waals surface area contributed by atoms with Crippen LogP contribution in [0.2, 0.25) is 0 Å². The van der Waals surface area contributed by atoms with E-state index in [0.717, 1.165) is 43.3 Å². The number of amides is 1. The third-order valence-corrected chi connectivity index (χ3v) is 5.09. The van der Waals surface area contributed by atoms with Crippen LogP contribution in [-0.2, 0) is 6.54 Å². The molecule has 2 heterocycles. The fraction of sp³-hybridized carbons (Fsp3) is 0.333. The molecule has 0 radical (unpaired) electrons. The second-order valence-electron chi connectivity index (χ2n) is 6.98. The Labute approximate surface area is 154 Å². The Morgan fingerprint density at radius 3 is 2.38 bits per heavy atom. The summed E-state index contributed by atoms with van der Waals surface area (Å²) in [5.74, 6) is 1.05. The van der Waals surface area contributed by atoms with Crippen LogP contribution in [0.4, 0.5) is 5.69 Å². The molecule has 1 amide bonds. The van der Waals surface area contributed by atoms with Crippen molar-refractivity contribution in [3.8, 4) is 0 Å². The lowest BCUT2D eigenvalue weighted by atomic mass is 10.1. The van der Waals surface area contributed by atoms with E-state index in [0.29, 0.717) is 18.7 Å². The molecule has 0 bridgehead atoms. The summed E-state index contributed by atoms with van der Waals surface area (Å²) in [6.07, 6.45) is 0. The molecular weight excluding hydrogens is 324 g/mol. The standard InChI is InChI=1S/C21H24N4O/c1-23-11-13-24(14-12-23)20-16-25(15-17-7-3-2-4-8-17)21(26)18-9-5-6-10-19(18)22-20/h2-10H,11-16H2,1H3. The van der Waals surface area contributed by atoms with Gasteiger partial charge in [0.2, 0.25) is 0 Å². The number of likely N-dealkylation sites (N-methyl/N-ethyl adjacent to an activating group) is 1. The minimum atomic E-state index is 0.0531. The van der Waals surface area contributed by atoms with Crippen LogP contribution in [0.5, 0.6) is 0 Å². The van der Waals surface area contributed by atoms with E-state index in [4.69, 9.17) is 4.99 Å². The molecule has 4 rings (SSSR count). The first kappa shape index (κ1) is 16.8. The van der Waals surface area contributed by atoms with Gasteiger partial charge in [0, 0.05) is 32.7 Å². The summed E-state index contributed by atoms with van der Waals surface area (Å²) in [6.45, 7) is 5.09. The van der Waals surface area contributed by atoms with Crippen LogP contribution in [0, 0.1) is 0 Å². The first-order chi connectivity index (χ1) is 12.7. The van der Waals surface area contributed by atoms with Crippen molar-refractivity contribution in [2.24, 2.45) is 4.99 Å². The summed E-state index contributed by atoms with van der Waals surface area (Å²) in [4.78, 5) is 24.6. The number of carbonyl (C=O) groups is 1. The van der Waals surface area contributed by atoms with Gasteiger partial charge in [-0.3, -0.25) is 4.79 Å². The quantitative estimate of drug-likeness (QED) is 0.837. The monoisotopic (exact) mass is 348 g/mol. The minimum Gasteiger partial charge on any atom is -0.356 e. The maximum absolute atomic E-state index is 13.1. The van der Waals surface area contributed by atoms with E-state index >= 15 is 0 Å². The molecule has 0 N–H and O–H groups in total. The van der Waals surface area contributed by atoms with E-state index in [1.807, 2.05) is 47.4 Å². The van der Waals surface area contributed by atoms with Crippen LogP contribution in [-0.4, -0.2) is 66.2 Å². The summed E-state index contributed by atoms with van der Waals surface area (Å²) in [7, 11) is 2.15. The van der Waals surface area contributed by atoms with Crippen molar-refractivity contribution in [1.82, 2.24) is 14.7 Å². The van der Waals surface area contributed by atoms with Crippen LogP contribution < -0.4 is 0 Å². The minimum absolute atomic E-state index is 0.0531. The van der Waals surface area contributed by atoms with Crippen LogP contribution in [0.1, 0.15) is 15.9 Å². The molecule has 0 aromatic heterocycles. The Balaban J connectivity index is 1.66. The highest BCUT2D eigenvalue weighted by Gasteiger charge is 2.27. The molecule has 0 atom stereocenters. The molecule has 26 heavy (non-hydrogen) atoms. The molecule has 134 valence electrons. The highest BCUT2D eigenvalue weighted by molar-refractivity contribution is 6.04. The summed E-state index contributed by atoms with van der Waals surface area (Å²) in [6, 6.07) is 17.8. The maximum atomic E-state index is 13.1.